The number of nitrogens with zero attached hydrogens (tertiary/aromatic N) is 4. The van der Waals surface area contributed by atoms with Gasteiger partial charge in [0, 0.05) is 37.1 Å². The molecule has 2 aliphatic heterocycles. The summed E-state index contributed by atoms with van der Waals surface area (Å²) in [6, 6.07) is 12.8. The van der Waals surface area contributed by atoms with Crippen LogP contribution in [0.2, 0.25) is 0 Å². The summed E-state index contributed by atoms with van der Waals surface area (Å²) in [4.78, 5) is 24.4. The second-order valence-electron chi connectivity index (χ2n) is 8.14. The molecule has 0 radical (unpaired) electrons. The molecule has 0 bridgehead atoms. The number of carbonyl (C=O) groups is 1. The molecule has 2 fully saturated rings. The van der Waals surface area contributed by atoms with E-state index in [1.165, 1.54) is 24.3 Å². The highest BCUT2D eigenvalue weighted by atomic mass is 32.2. The lowest BCUT2D eigenvalue weighted by molar-refractivity contribution is 0.0886. The maximum absolute atomic E-state index is 12.8. The highest BCUT2D eigenvalue weighted by Crippen LogP contribution is 2.25. The Labute approximate surface area is 181 Å². The number of aromatic nitrogens is 3. The molecule has 1 N–H and O–H groups in total. The number of fused-ring (bicyclic) bond motifs is 1. The number of benzene rings is 1. The van der Waals surface area contributed by atoms with E-state index >= 15 is 0 Å². The van der Waals surface area contributed by atoms with Crippen LogP contribution in [0.5, 0.6) is 0 Å². The molecule has 3 aromatic rings. The first-order valence-corrected chi connectivity index (χ1v) is 11.9. The molecule has 2 aromatic heterocycles. The highest BCUT2D eigenvalue weighted by molar-refractivity contribution is 7.99. The third kappa shape index (κ3) is 4.09. The normalized spacial score (nSPS) is 19.2. The largest absolute Gasteiger partial charge is 0.349 e. The lowest BCUT2D eigenvalue weighted by Gasteiger charge is -2.39. The monoisotopic (exact) mass is 421 g/mol. The van der Waals surface area contributed by atoms with Crippen LogP contribution in [0.4, 0.5) is 0 Å². The van der Waals surface area contributed by atoms with Crippen molar-refractivity contribution in [2.45, 2.75) is 37.8 Å². The van der Waals surface area contributed by atoms with Gasteiger partial charge in [-0.1, -0.05) is 18.2 Å². The predicted molar refractivity (Wildman–Crippen MR) is 121 cm³/mol. The summed E-state index contributed by atoms with van der Waals surface area (Å²) in [5, 5.41) is 3.22. The van der Waals surface area contributed by atoms with Crippen molar-refractivity contribution in [1.82, 2.24) is 24.8 Å². The van der Waals surface area contributed by atoms with Gasteiger partial charge in [-0.3, -0.25) is 9.36 Å². The van der Waals surface area contributed by atoms with Gasteiger partial charge in [-0.2, -0.15) is 11.8 Å². The number of nitrogens with one attached hydrogen (secondary N) is 1. The van der Waals surface area contributed by atoms with Gasteiger partial charge in [0.25, 0.3) is 5.91 Å². The summed E-state index contributed by atoms with van der Waals surface area (Å²) >= 11 is 2.07. The number of hydrogen-bond donors (Lipinski definition) is 1. The molecule has 0 atom stereocenters. The van der Waals surface area contributed by atoms with Gasteiger partial charge in [-0.05, 0) is 55.4 Å². The van der Waals surface area contributed by atoms with Gasteiger partial charge in [-0.25, -0.2) is 9.97 Å². The maximum atomic E-state index is 12.8. The molecular formula is C23H27N5OS. The van der Waals surface area contributed by atoms with E-state index in [9.17, 15) is 4.79 Å². The molecular weight excluding hydrogens is 394 g/mol. The fourth-order valence-electron chi connectivity index (χ4n) is 4.53. The number of imidazole rings is 1. The Bertz CT molecular complexity index is 1010. The van der Waals surface area contributed by atoms with E-state index in [0.29, 0.717) is 5.56 Å². The van der Waals surface area contributed by atoms with Crippen molar-refractivity contribution in [3.05, 3.63) is 54.5 Å². The average Bonchev–Trinajstić information content (AvgIpc) is 3.24. The zero-order chi connectivity index (χ0) is 20.3. The molecule has 156 valence electrons. The maximum Gasteiger partial charge on any atom is 0.253 e. The summed E-state index contributed by atoms with van der Waals surface area (Å²) in [5.41, 5.74) is 3.08. The number of pyridine rings is 1. The first-order valence-electron chi connectivity index (χ1n) is 10.8. The SMILES string of the molecule is O=C(NC1CCN(C2CCSCC2)CC1)c1cnc2c(c1)ncn2-c1ccccc1. The predicted octanol–water partition coefficient (Wildman–Crippen LogP) is 3.51. The molecule has 4 heterocycles. The third-order valence-corrected chi connectivity index (χ3v) is 7.31. The van der Waals surface area contributed by atoms with Crippen LogP contribution in [-0.2, 0) is 0 Å². The summed E-state index contributed by atoms with van der Waals surface area (Å²) < 4.78 is 1.94. The summed E-state index contributed by atoms with van der Waals surface area (Å²) in [5.74, 6) is 2.53. The summed E-state index contributed by atoms with van der Waals surface area (Å²) in [7, 11) is 0. The van der Waals surface area contributed by atoms with Crippen LogP contribution < -0.4 is 5.32 Å². The van der Waals surface area contributed by atoms with Gasteiger partial charge in [0.15, 0.2) is 5.65 Å². The lowest BCUT2D eigenvalue weighted by atomic mass is 10.0. The molecule has 1 aromatic carbocycles. The van der Waals surface area contributed by atoms with Crippen molar-refractivity contribution in [3.8, 4) is 5.69 Å². The van der Waals surface area contributed by atoms with E-state index in [1.54, 1.807) is 12.5 Å². The number of thioether (sulfide) groups is 1. The number of hydrogen-bond acceptors (Lipinski definition) is 5. The number of para-hydroxylation sites is 1. The number of carbonyl (C=O) groups excluding carboxylic acids is 1. The van der Waals surface area contributed by atoms with Gasteiger partial charge in [-0.15, -0.1) is 0 Å². The molecule has 1 amide bonds. The Hall–Kier alpha value is -2.38. The Morgan fingerprint density at radius 1 is 1.03 bits per heavy atom. The van der Waals surface area contributed by atoms with Crippen LogP contribution in [-0.4, -0.2) is 62.0 Å². The smallest absolute Gasteiger partial charge is 0.253 e. The number of likely N-dealkylation sites (tertiary alicyclic amines) is 1. The summed E-state index contributed by atoms with van der Waals surface area (Å²) in [6.07, 6.45) is 8.08. The molecule has 7 heteroatoms. The molecule has 30 heavy (non-hydrogen) atoms. The molecule has 2 aliphatic rings. The van der Waals surface area contributed by atoms with Gasteiger partial charge in [0.1, 0.15) is 11.8 Å². The molecule has 0 aliphatic carbocycles. The minimum absolute atomic E-state index is 0.0498. The second kappa shape index (κ2) is 8.78. The topological polar surface area (TPSA) is 63.1 Å². The van der Waals surface area contributed by atoms with Crippen LogP contribution in [0, 0.1) is 0 Å². The Morgan fingerprint density at radius 2 is 1.80 bits per heavy atom. The van der Waals surface area contributed by atoms with E-state index in [2.05, 4.69) is 31.9 Å². The van der Waals surface area contributed by atoms with E-state index in [1.807, 2.05) is 41.0 Å². The zero-order valence-corrected chi connectivity index (χ0v) is 17.9. The van der Waals surface area contributed by atoms with Gasteiger partial charge in [0.2, 0.25) is 0 Å². The highest BCUT2D eigenvalue weighted by Gasteiger charge is 2.27. The summed E-state index contributed by atoms with van der Waals surface area (Å²) in [6.45, 7) is 2.16. The molecule has 0 spiro atoms. The van der Waals surface area contributed by atoms with Crippen LogP contribution in [0.3, 0.4) is 0 Å². The van der Waals surface area contributed by atoms with Crippen LogP contribution in [0.1, 0.15) is 36.0 Å². The number of amides is 1. The van der Waals surface area contributed by atoms with Crippen LogP contribution >= 0.6 is 11.8 Å². The van der Waals surface area contributed by atoms with Crippen LogP contribution in [0.25, 0.3) is 16.9 Å². The average molecular weight is 422 g/mol. The van der Waals surface area contributed by atoms with Crippen molar-refractivity contribution in [3.63, 3.8) is 0 Å². The third-order valence-electron chi connectivity index (χ3n) is 6.26. The standard InChI is InChI=1S/C23H27N5OS/c29-23(26-18-6-10-27(11-7-18)19-8-12-30-13-9-19)17-14-21-22(24-15-17)28(16-25-21)20-4-2-1-3-5-20/h1-5,14-16,18-19H,6-13H2,(H,26,29). The van der Waals surface area contributed by atoms with Crippen LogP contribution in [0.15, 0.2) is 48.9 Å². The zero-order valence-electron chi connectivity index (χ0n) is 17.0. The first-order chi connectivity index (χ1) is 14.8. The molecule has 6 nitrogen and oxygen atoms in total. The Balaban J connectivity index is 1.22. The van der Waals surface area contributed by atoms with E-state index < -0.39 is 0 Å². The minimum atomic E-state index is -0.0498. The first kappa shape index (κ1) is 19.6. The number of piperidine rings is 1. The van der Waals surface area contributed by atoms with E-state index in [-0.39, 0.29) is 11.9 Å². The molecule has 2 saturated heterocycles. The van der Waals surface area contributed by atoms with Crippen molar-refractivity contribution in [1.29, 1.82) is 0 Å². The fourth-order valence-corrected chi connectivity index (χ4v) is 5.61. The quantitative estimate of drug-likeness (QED) is 0.698. The van der Waals surface area contributed by atoms with Crippen molar-refractivity contribution in [2.75, 3.05) is 24.6 Å². The van der Waals surface area contributed by atoms with Crippen molar-refractivity contribution >= 4 is 28.8 Å². The molecule has 0 saturated carbocycles. The molecule has 0 unspecified atom stereocenters. The number of rotatable bonds is 4. The van der Waals surface area contributed by atoms with Gasteiger partial charge < -0.3 is 10.2 Å². The van der Waals surface area contributed by atoms with E-state index in [4.69, 9.17) is 0 Å². The van der Waals surface area contributed by atoms with Gasteiger partial charge >= 0.3 is 0 Å². The van der Waals surface area contributed by atoms with Crippen molar-refractivity contribution in [2.24, 2.45) is 0 Å². The van der Waals surface area contributed by atoms with Gasteiger partial charge in [0.05, 0.1) is 5.56 Å². The fraction of sp³-hybridized carbons (Fsp3) is 0.435. The van der Waals surface area contributed by atoms with Crippen molar-refractivity contribution < 1.29 is 4.79 Å². The lowest BCUT2D eigenvalue weighted by Crippen LogP contribution is -2.48. The van der Waals surface area contributed by atoms with E-state index in [0.717, 1.165) is 48.8 Å². The molecule has 5 rings (SSSR count). The Kier molecular flexibility index (Phi) is 5.73. The Morgan fingerprint density at radius 3 is 2.57 bits per heavy atom. The second-order valence-corrected chi connectivity index (χ2v) is 9.37. The minimum Gasteiger partial charge on any atom is -0.349 e.